The Labute approximate surface area is 112 Å². The van der Waals surface area contributed by atoms with Gasteiger partial charge < -0.3 is 14.2 Å². The van der Waals surface area contributed by atoms with E-state index < -0.39 is 0 Å². The smallest absolute Gasteiger partial charge is 0.137 e. The van der Waals surface area contributed by atoms with E-state index in [0.717, 1.165) is 34.6 Å². The van der Waals surface area contributed by atoms with Crippen LogP contribution in [-0.2, 0) is 0 Å². The van der Waals surface area contributed by atoms with E-state index in [1.54, 1.807) is 6.26 Å². The summed E-state index contributed by atoms with van der Waals surface area (Å²) in [7, 11) is 0. The van der Waals surface area contributed by atoms with Gasteiger partial charge >= 0.3 is 0 Å². The normalized spacial score (nSPS) is 12.9. The first-order chi connectivity index (χ1) is 9.29. The number of benzene rings is 1. The summed E-state index contributed by atoms with van der Waals surface area (Å²) in [5, 5.41) is 4.52. The van der Waals surface area contributed by atoms with Gasteiger partial charge in [0.1, 0.15) is 23.1 Å². The fraction of sp³-hybridized carbons (Fsp3) is 0.250. The zero-order chi connectivity index (χ0) is 13.2. The lowest BCUT2D eigenvalue weighted by Gasteiger charge is -2.12. The van der Waals surface area contributed by atoms with Crippen molar-refractivity contribution in [1.82, 2.24) is 5.32 Å². The number of aryl methyl sites for hydroxylation is 1. The van der Waals surface area contributed by atoms with Crippen molar-refractivity contribution >= 4 is 11.0 Å². The summed E-state index contributed by atoms with van der Waals surface area (Å²) in [4.78, 5) is 0. The average Bonchev–Trinajstić information content (AvgIpc) is 3.05. The quantitative estimate of drug-likeness (QED) is 0.764. The maximum absolute atomic E-state index is 6.01. The topological polar surface area (TPSA) is 38.3 Å². The van der Waals surface area contributed by atoms with Gasteiger partial charge in [-0.05, 0) is 37.2 Å². The van der Waals surface area contributed by atoms with E-state index in [9.17, 15) is 0 Å². The van der Waals surface area contributed by atoms with Crippen LogP contribution in [0.4, 0.5) is 0 Å². The highest BCUT2D eigenvalue weighted by atomic mass is 16.4. The molecule has 0 aliphatic rings. The molecule has 98 valence electrons. The Kier molecular flexibility index (Phi) is 3.13. The molecular weight excluding hydrogens is 238 g/mol. The molecule has 3 heteroatoms. The average molecular weight is 255 g/mol. The van der Waals surface area contributed by atoms with E-state index in [0.29, 0.717) is 0 Å². The zero-order valence-electron chi connectivity index (χ0n) is 11.1. The fourth-order valence-corrected chi connectivity index (χ4v) is 2.37. The van der Waals surface area contributed by atoms with Gasteiger partial charge in [-0.2, -0.15) is 0 Å². The molecule has 0 saturated heterocycles. The first-order valence-corrected chi connectivity index (χ1v) is 6.55. The first kappa shape index (κ1) is 12.1. The van der Waals surface area contributed by atoms with Crippen LogP contribution in [0, 0.1) is 6.92 Å². The van der Waals surface area contributed by atoms with E-state index in [-0.39, 0.29) is 6.04 Å². The van der Waals surface area contributed by atoms with Crippen molar-refractivity contribution in [2.75, 3.05) is 6.54 Å². The van der Waals surface area contributed by atoms with Crippen LogP contribution < -0.4 is 5.32 Å². The highest BCUT2D eigenvalue weighted by Crippen LogP contribution is 2.30. The van der Waals surface area contributed by atoms with Crippen LogP contribution in [-0.4, -0.2) is 6.54 Å². The van der Waals surface area contributed by atoms with Gasteiger partial charge in [0.05, 0.1) is 6.26 Å². The third kappa shape index (κ3) is 2.17. The first-order valence-electron chi connectivity index (χ1n) is 6.55. The summed E-state index contributed by atoms with van der Waals surface area (Å²) in [6.07, 6.45) is 1.69. The molecular formula is C16H17NO2. The maximum Gasteiger partial charge on any atom is 0.137 e. The molecule has 0 radical (unpaired) electrons. The number of fused-ring (bicyclic) bond motifs is 1. The molecule has 1 aromatic carbocycles. The second-order valence-electron chi connectivity index (χ2n) is 4.65. The summed E-state index contributed by atoms with van der Waals surface area (Å²) in [5.41, 5.74) is 2.10. The van der Waals surface area contributed by atoms with Gasteiger partial charge in [0.25, 0.3) is 0 Å². The molecule has 3 nitrogen and oxygen atoms in total. The molecule has 3 rings (SSSR count). The van der Waals surface area contributed by atoms with Gasteiger partial charge in [-0.15, -0.1) is 0 Å². The number of hydrogen-bond acceptors (Lipinski definition) is 3. The monoisotopic (exact) mass is 255 g/mol. The van der Waals surface area contributed by atoms with Gasteiger partial charge in [-0.3, -0.25) is 0 Å². The third-order valence-corrected chi connectivity index (χ3v) is 3.28. The van der Waals surface area contributed by atoms with Gasteiger partial charge in [-0.1, -0.05) is 25.1 Å². The Bertz CT molecular complexity index is 667. The molecule has 3 aromatic rings. The Morgan fingerprint density at radius 2 is 2.05 bits per heavy atom. The lowest BCUT2D eigenvalue weighted by atomic mass is 10.1. The van der Waals surface area contributed by atoms with Gasteiger partial charge in [-0.25, -0.2) is 0 Å². The van der Waals surface area contributed by atoms with Crippen LogP contribution in [0.3, 0.4) is 0 Å². The summed E-state index contributed by atoms with van der Waals surface area (Å²) >= 11 is 0. The zero-order valence-corrected chi connectivity index (χ0v) is 11.1. The summed E-state index contributed by atoms with van der Waals surface area (Å²) in [6.45, 7) is 4.98. The maximum atomic E-state index is 6.01. The summed E-state index contributed by atoms with van der Waals surface area (Å²) < 4.78 is 11.5. The van der Waals surface area contributed by atoms with Gasteiger partial charge in [0.2, 0.25) is 0 Å². The van der Waals surface area contributed by atoms with E-state index >= 15 is 0 Å². The van der Waals surface area contributed by atoms with Crippen LogP contribution in [0.1, 0.15) is 30.0 Å². The lowest BCUT2D eigenvalue weighted by molar-refractivity contribution is 0.403. The minimum absolute atomic E-state index is 0.0354. The predicted molar refractivity (Wildman–Crippen MR) is 75.2 cm³/mol. The second kappa shape index (κ2) is 4.94. The number of nitrogens with one attached hydrogen (secondary N) is 1. The Morgan fingerprint density at radius 3 is 2.74 bits per heavy atom. The number of furan rings is 2. The van der Waals surface area contributed by atoms with Crippen molar-refractivity contribution in [3.8, 4) is 0 Å². The minimum atomic E-state index is -0.0354. The van der Waals surface area contributed by atoms with Crippen molar-refractivity contribution in [2.24, 2.45) is 0 Å². The van der Waals surface area contributed by atoms with Crippen molar-refractivity contribution < 1.29 is 8.83 Å². The van der Waals surface area contributed by atoms with Crippen molar-refractivity contribution in [3.63, 3.8) is 0 Å². The fourth-order valence-electron chi connectivity index (χ4n) is 2.37. The lowest BCUT2D eigenvalue weighted by Crippen LogP contribution is -2.20. The van der Waals surface area contributed by atoms with Crippen molar-refractivity contribution in [1.29, 1.82) is 0 Å². The number of para-hydroxylation sites is 1. The molecule has 0 aliphatic carbocycles. The highest BCUT2D eigenvalue weighted by molar-refractivity contribution is 5.81. The Morgan fingerprint density at radius 1 is 1.16 bits per heavy atom. The van der Waals surface area contributed by atoms with Crippen LogP contribution in [0.15, 0.2) is 51.5 Å². The van der Waals surface area contributed by atoms with E-state index in [2.05, 4.69) is 37.4 Å². The van der Waals surface area contributed by atoms with Crippen LogP contribution >= 0.6 is 0 Å². The second-order valence-corrected chi connectivity index (χ2v) is 4.65. The third-order valence-electron chi connectivity index (χ3n) is 3.28. The Hall–Kier alpha value is -2.00. The molecule has 0 aliphatic heterocycles. The molecule has 0 spiro atoms. The molecule has 0 fully saturated rings. The van der Waals surface area contributed by atoms with Gasteiger partial charge in [0.15, 0.2) is 0 Å². The highest BCUT2D eigenvalue weighted by Gasteiger charge is 2.20. The summed E-state index contributed by atoms with van der Waals surface area (Å²) in [6, 6.07) is 12.1. The van der Waals surface area contributed by atoms with Crippen LogP contribution in [0.5, 0.6) is 0 Å². The molecule has 1 atom stereocenters. The van der Waals surface area contributed by atoms with Crippen molar-refractivity contribution in [2.45, 2.75) is 19.9 Å². The van der Waals surface area contributed by atoms with Crippen molar-refractivity contribution in [3.05, 3.63) is 59.7 Å². The van der Waals surface area contributed by atoms with E-state index in [1.807, 2.05) is 18.2 Å². The van der Waals surface area contributed by atoms with Crippen LogP contribution in [0.25, 0.3) is 11.0 Å². The number of hydrogen-bond donors (Lipinski definition) is 1. The van der Waals surface area contributed by atoms with Crippen LogP contribution in [0.2, 0.25) is 0 Å². The minimum Gasteiger partial charge on any atom is -0.467 e. The molecule has 2 aromatic heterocycles. The van der Waals surface area contributed by atoms with Gasteiger partial charge in [0, 0.05) is 5.39 Å². The van der Waals surface area contributed by atoms with E-state index in [1.165, 1.54) is 0 Å². The molecule has 1 unspecified atom stereocenters. The molecule has 1 N–H and O–H groups in total. The predicted octanol–water partition coefficient (Wildman–Crippen LogP) is 4.03. The largest absolute Gasteiger partial charge is 0.467 e. The molecule has 0 saturated carbocycles. The number of rotatable bonds is 4. The van der Waals surface area contributed by atoms with E-state index in [4.69, 9.17) is 8.83 Å². The standard InChI is InChI=1S/C16H17NO2/c1-3-17-15(13-8-5-9-18-13)14-10-12-7-4-6-11(2)16(12)19-14/h4-10,15,17H,3H2,1-2H3. The molecule has 0 bridgehead atoms. The SMILES string of the molecule is CCNC(c1ccco1)c1cc2cccc(C)c2o1. The Balaban J connectivity index is 2.08. The molecule has 19 heavy (non-hydrogen) atoms. The summed E-state index contributed by atoms with van der Waals surface area (Å²) in [5.74, 6) is 1.76. The molecule has 0 amide bonds. The molecule has 2 heterocycles.